The highest BCUT2D eigenvalue weighted by Gasteiger charge is 1.99. The summed E-state index contributed by atoms with van der Waals surface area (Å²) in [7, 11) is 4.03. The van der Waals surface area contributed by atoms with E-state index in [1.54, 1.807) is 0 Å². The van der Waals surface area contributed by atoms with Gasteiger partial charge in [0.05, 0.1) is 0 Å². The lowest BCUT2D eigenvalue weighted by Crippen LogP contribution is -2.10. The Morgan fingerprint density at radius 1 is 1.43 bits per heavy atom. The van der Waals surface area contributed by atoms with Crippen molar-refractivity contribution in [2.24, 2.45) is 0 Å². The second-order valence-electron chi connectivity index (χ2n) is 3.27. The Kier molecular flexibility index (Phi) is 3.56. The zero-order chi connectivity index (χ0) is 10.6. The van der Waals surface area contributed by atoms with Crippen LogP contribution in [0.4, 0.5) is 0 Å². The summed E-state index contributed by atoms with van der Waals surface area (Å²) in [6.07, 6.45) is 4.49. The predicted molar refractivity (Wildman–Crippen MR) is 56.5 cm³/mol. The van der Waals surface area contributed by atoms with Gasteiger partial charge in [0.1, 0.15) is 12.2 Å². The summed E-state index contributed by atoms with van der Waals surface area (Å²) in [4.78, 5) is 14.3. The van der Waals surface area contributed by atoms with Gasteiger partial charge < -0.3 is 4.90 Å². The summed E-state index contributed by atoms with van der Waals surface area (Å²) >= 11 is 0. The number of rotatable bonds is 3. The van der Waals surface area contributed by atoms with E-state index in [1.165, 1.54) is 12.0 Å². The van der Waals surface area contributed by atoms with Gasteiger partial charge in [-0.25, -0.2) is 15.0 Å². The van der Waals surface area contributed by atoms with Crippen molar-refractivity contribution in [2.75, 3.05) is 14.1 Å². The smallest absolute Gasteiger partial charge is 0.157 e. The first-order valence-corrected chi connectivity index (χ1v) is 4.67. The van der Waals surface area contributed by atoms with Gasteiger partial charge in [-0.2, -0.15) is 0 Å². The van der Waals surface area contributed by atoms with Crippen LogP contribution in [0.3, 0.4) is 0 Å². The summed E-state index contributed by atoms with van der Waals surface area (Å²) in [5.41, 5.74) is 1.20. The van der Waals surface area contributed by atoms with Crippen molar-refractivity contribution in [1.82, 2.24) is 19.9 Å². The average molecular weight is 192 g/mol. The maximum atomic E-state index is 4.22. The van der Waals surface area contributed by atoms with Crippen LogP contribution < -0.4 is 0 Å². The van der Waals surface area contributed by atoms with E-state index in [4.69, 9.17) is 0 Å². The fourth-order valence-electron chi connectivity index (χ4n) is 1.16. The van der Waals surface area contributed by atoms with Crippen molar-refractivity contribution in [2.45, 2.75) is 20.3 Å². The lowest BCUT2D eigenvalue weighted by Gasteiger charge is -2.14. The summed E-state index contributed by atoms with van der Waals surface area (Å²) < 4.78 is 0. The fourth-order valence-corrected chi connectivity index (χ4v) is 1.16. The first-order valence-electron chi connectivity index (χ1n) is 4.67. The van der Waals surface area contributed by atoms with E-state index >= 15 is 0 Å². The Labute approximate surface area is 84.7 Å². The van der Waals surface area contributed by atoms with Crippen LogP contribution in [-0.2, 0) is 0 Å². The van der Waals surface area contributed by atoms with E-state index < -0.39 is 0 Å². The monoisotopic (exact) mass is 192 g/mol. The van der Waals surface area contributed by atoms with Crippen LogP contribution in [0.15, 0.2) is 12.0 Å². The summed E-state index contributed by atoms with van der Waals surface area (Å²) in [6, 6.07) is 0. The Morgan fingerprint density at radius 3 is 2.64 bits per heavy atom. The summed E-state index contributed by atoms with van der Waals surface area (Å²) in [5.74, 6) is 1.48. The highest BCUT2D eigenvalue weighted by Crippen LogP contribution is 2.07. The Balaban J connectivity index is 2.94. The van der Waals surface area contributed by atoms with E-state index in [1.807, 2.05) is 27.1 Å². The SMILES string of the molecule is CC/C(=C\c1ncnc(C)n1)N(C)C. The van der Waals surface area contributed by atoms with Gasteiger partial charge in [-0.15, -0.1) is 0 Å². The molecule has 0 amide bonds. The maximum Gasteiger partial charge on any atom is 0.157 e. The van der Waals surface area contributed by atoms with E-state index in [2.05, 4.69) is 26.8 Å². The van der Waals surface area contributed by atoms with Crippen LogP contribution in [0.25, 0.3) is 6.08 Å². The first-order chi connectivity index (χ1) is 6.63. The molecule has 1 aromatic rings. The molecule has 0 saturated heterocycles. The zero-order valence-electron chi connectivity index (χ0n) is 9.15. The molecule has 0 spiro atoms. The second-order valence-corrected chi connectivity index (χ2v) is 3.27. The van der Waals surface area contributed by atoms with Crippen molar-refractivity contribution in [3.05, 3.63) is 23.7 Å². The van der Waals surface area contributed by atoms with E-state index in [-0.39, 0.29) is 0 Å². The molecule has 0 aromatic carbocycles. The summed E-state index contributed by atoms with van der Waals surface area (Å²) in [6.45, 7) is 3.97. The standard InChI is InChI=1S/C10H16N4/c1-5-9(14(3)4)6-10-12-7-11-8(2)13-10/h6-7H,5H2,1-4H3/b9-6+. The van der Waals surface area contributed by atoms with Gasteiger partial charge in [0.25, 0.3) is 0 Å². The van der Waals surface area contributed by atoms with Crippen LogP contribution in [0.1, 0.15) is 25.0 Å². The Bertz CT molecular complexity index is 331. The largest absolute Gasteiger partial charge is 0.381 e. The van der Waals surface area contributed by atoms with E-state index in [9.17, 15) is 0 Å². The molecule has 0 N–H and O–H groups in total. The number of aromatic nitrogens is 3. The molecule has 1 heterocycles. The first kappa shape index (κ1) is 10.6. The second kappa shape index (κ2) is 4.69. The van der Waals surface area contributed by atoms with Crippen LogP contribution >= 0.6 is 0 Å². The number of hydrogen-bond donors (Lipinski definition) is 0. The van der Waals surface area contributed by atoms with Gasteiger partial charge in [0.15, 0.2) is 5.82 Å². The molecular weight excluding hydrogens is 176 g/mol. The van der Waals surface area contributed by atoms with Crippen molar-refractivity contribution in [3.63, 3.8) is 0 Å². The minimum atomic E-state index is 0.725. The van der Waals surface area contributed by atoms with Gasteiger partial charge in [0, 0.05) is 25.9 Å². The summed E-state index contributed by atoms with van der Waals surface area (Å²) in [5, 5.41) is 0. The van der Waals surface area contributed by atoms with Crippen molar-refractivity contribution in [3.8, 4) is 0 Å². The molecule has 0 atom stereocenters. The molecule has 0 aliphatic carbocycles. The maximum absolute atomic E-state index is 4.22. The van der Waals surface area contributed by atoms with Gasteiger partial charge in [-0.05, 0) is 13.3 Å². The topological polar surface area (TPSA) is 41.9 Å². The molecular formula is C10H16N4. The number of aryl methyl sites for hydroxylation is 1. The third kappa shape index (κ3) is 2.80. The van der Waals surface area contributed by atoms with Gasteiger partial charge in [-0.3, -0.25) is 0 Å². The van der Waals surface area contributed by atoms with Gasteiger partial charge in [-0.1, -0.05) is 6.92 Å². The third-order valence-electron chi connectivity index (χ3n) is 1.94. The van der Waals surface area contributed by atoms with Crippen molar-refractivity contribution in [1.29, 1.82) is 0 Å². The molecule has 14 heavy (non-hydrogen) atoms. The van der Waals surface area contributed by atoms with E-state index in [0.717, 1.165) is 18.1 Å². The quantitative estimate of drug-likeness (QED) is 0.727. The molecule has 1 rings (SSSR count). The highest BCUT2D eigenvalue weighted by molar-refractivity contribution is 5.43. The lowest BCUT2D eigenvalue weighted by atomic mass is 10.3. The van der Waals surface area contributed by atoms with E-state index in [0.29, 0.717) is 0 Å². The molecule has 4 nitrogen and oxygen atoms in total. The van der Waals surface area contributed by atoms with Gasteiger partial charge >= 0.3 is 0 Å². The predicted octanol–water partition coefficient (Wildman–Crippen LogP) is 1.49. The molecule has 0 aliphatic rings. The van der Waals surface area contributed by atoms with Crippen LogP contribution in [-0.4, -0.2) is 33.9 Å². The molecule has 0 bridgehead atoms. The third-order valence-corrected chi connectivity index (χ3v) is 1.94. The Hall–Kier alpha value is -1.45. The average Bonchev–Trinajstić information content (AvgIpc) is 2.14. The van der Waals surface area contributed by atoms with Crippen molar-refractivity contribution < 1.29 is 0 Å². The number of allylic oxidation sites excluding steroid dienone is 1. The highest BCUT2D eigenvalue weighted by atomic mass is 15.1. The molecule has 0 unspecified atom stereocenters. The lowest BCUT2D eigenvalue weighted by molar-refractivity contribution is 0.499. The molecule has 1 aromatic heterocycles. The minimum absolute atomic E-state index is 0.725. The molecule has 0 saturated carbocycles. The van der Waals surface area contributed by atoms with Crippen LogP contribution in [0, 0.1) is 6.92 Å². The zero-order valence-corrected chi connectivity index (χ0v) is 9.15. The molecule has 4 heteroatoms. The molecule has 0 radical (unpaired) electrons. The Morgan fingerprint density at radius 2 is 2.14 bits per heavy atom. The van der Waals surface area contributed by atoms with Crippen LogP contribution in [0.2, 0.25) is 0 Å². The molecule has 0 aliphatic heterocycles. The van der Waals surface area contributed by atoms with Crippen LogP contribution in [0.5, 0.6) is 0 Å². The van der Waals surface area contributed by atoms with Crippen molar-refractivity contribution >= 4 is 6.08 Å². The molecule has 76 valence electrons. The molecule has 0 fully saturated rings. The van der Waals surface area contributed by atoms with Gasteiger partial charge in [0.2, 0.25) is 0 Å². The fraction of sp³-hybridized carbons (Fsp3) is 0.500. The number of nitrogens with zero attached hydrogens (tertiary/aromatic N) is 4. The number of hydrogen-bond acceptors (Lipinski definition) is 4. The minimum Gasteiger partial charge on any atom is -0.381 e. The normalized spacial score (nSPS) is 11.6.